The van der Waals surface area contributed by atoms with E-state index >= 15 is 0 Å². The molecule has 0 spiro atoms. The van der Waals surface area contributed by atoms with Crippen LogP contribution in [0.3, 0.4) is 0 Å². The second-order valence-electron chi connectivity index (χ2n) is 8.62. The lowest BCUT2D eigenvalue weighted by Crippen LogP contribution is -2.18. The zero-order valence-electron chi connectivity index (χ0n) is 23.7. The molecule has 0 aliphatic carbocycles. The topological polar surface area (TPSA) is 61.8 Å². The maximum Gasteiger partial charge on any atom is 0.130 e. The number of nitrogens with zero attached hydrogens (tertiary/aromatic N) is 1. The quantitative estimate of drug-likeness (QED) is 0.185. The molecule has 0 bridgehead atoms. The van der Waals surface area contributed by atoms with Gasteiger partial charge in [-0.3, -0.25) is 0 Å². The lowest BCUT2D eigenvalue weighted by Gasteiger charge is -2.20. The number of terminal acetylenes is 1. The molecule has 2 rings (SSSR count). The van der Waals surface area contributed by atoms with Crippen LogP contribution in [0.15, 0.2) is 60.2 Å². The van der Waals surface area contributed by atoms with E-state index in [1.54, 1.807) is 32.2 Å². The molecule has 0 aliphatic heterocycles. The number of allylic oxidation sites excluding steroid dienone is 1. The van der Waals surface area contributed by atoms with Gasteiger partial charge in [0.1, 0.15) is 29.2 Å². The third-order valence-corrected chi connectivity index (χ3v) is 5.84. The Kier molecular flexibility index (Phi) is 15.5. The first-order chi connectivity index (χ1) is 18.3. The Bertz CT molecular complexity index is 1080. The maximum absolute atomic E-state index is 6.33. The van der Waals surface area contributed by atoms with Gasteiger partial charge in [-0.25, -0.2) is 4.98 Å². The molecule has 2 atom stereocenters. The number of thioether (sulfide) groups is 1. The summed E-state index contributed by atoms with van der Waals surface area (Å²) in [6.45, 7) is 12.7. The summed E-state index contributed by atoms with van der Waals surface area (Å²) in [6, 6.07) is 9.82. The van der Waals surface area contributed by atoms with E-state index in [-0.39, 0.29) is 12.2 Å². The number of benzene rings is 1. The van der Waals surface area contributed by atoms with E-state index in [0.29, 0.717) is 12.4 Å². The second-order valence-corrected chi connectivity index (χ2v) is 9.33. The summed E-state index contributed by atoms with van der Waals surface area (Å²) >= 11 is 1.71. The minimum Gasteiger partial charge on any atom is -0.497 e. The van der Waals surface area contributed by atoms with Crippen molar-refractivity contribution < 1.29 is 18.9 Å². The monoisotopic (exact) mass is 538 g/mol. The summed E-state index contributed by atoms with van der Waals surface area (Å²) in [7, 11) is 3.27. The van der Waals surface area contributed by atoms with Crippen LogP contribution in [0.2, 0.25) is 0 Å². The largest absolute Gasteiger partial charge is 0.497 e. The fourth-order valence-electron chi connectivity index (χ4n) is 3.67. The summed E-state index contributed by atoms with van der Waals surface area (Å²) < 4.78 is 22.9. The Balaban J connectivity index is 0.00000352. The van der Waals surface area contributed by atoms with Gasteiger partial charge in [0, 0.05) is 42.6 Å². The van der Waals surface area contributed by atoms with Gasteiger partial charge in [0.2, 0.25) is 0 Å². The lowest BCUT2D eigenvalue weighted by molar-refractivity contribution is 0.0917. The normalized spacial score (nSPS) is 13.0. The summed E-state index contributed by atoms with van der Waals surface area (Å²) in [6.07, 6.45) is 15.5. The van der Waals surface area contributed by atoms with Crippen LogP contribution in [0.5, 0.6) is 11.5 Å². The molecule has 7 heteroatoms. The molecule has 1 heterocycles. The zero-order valence-corrected chi connectivity index (χ0v) is 24.6. The summed E-state index contributed by atoms with van der Waals surface area (Å²) in [5.74, 6) is 2.77. The lowest BCUT2D eigenvalue weighted by atomic mass is 10.1. The Morgan fingerprint density at radius 2 is 1.74 bits per heavy atom. The number of hydrogen-bond acceptors (Lipinski definition) is 7. The first kappa shape index (κ1) is 32.7. The molecule has 1 N–H and O–H groups in total. The summed E-state index contributed by atoms with van der Waals surface area (Å²) in [5.41, 5.74) is 3.99. The molecule has 2 unspecified atom stereocenters. The van der Waals surface area contributed by atoms with Gasteiger partial charge in [0.25, 0.3) is 0 Å². The van der Waals surface area contributed by atoms with Gasteiger partial charge in [0.05, 0.1) is 19.8 Å². The first-order valence-corrected chi connectivity index (χ1v) is 13.7. The molecule has 0 radical (unpaired) electrons. The molecule has 0 fully saturated rings. The number of anilines is 1. The fourth-order valence-corrected chi connectivity index (χ4v) is 4.17. The molecule has 0 amide bonds. The standard InChI is InChI=1S/C29H40N2O4S.C2H2/c1-9-10-28(31-29-12-11-24(17-30-29)23(5)33-7)25-14-26(34-21(3)13-20(2)19-36-8)16-27(15-25)35-22(4)18-32-6;1-2/h10-12,14-17,19,21-22H,5,9,13,18H2,1-4,6-8H3,(H,30,31);1-2H/b20-19+,28-10+;. The van der Waals surface area contributed by atoms with Crippen LogP contribution >= 0.6 is 11.8 Å². The molecule has 1 aromatic heterocycles. The van der Waals surface area contributed by atoms with Crippen LogP contribution in [-0.4, -0.2) is 44.3 Å². The van der Waals surface area contributed by atoms with E-state index in [0.717, 1.165) is 47.0 Å². The number of aromatic nitrogens is 1. The SMILES string of the molecule is C#C.C=C(OC)c1ccc(N/C(=C/CC)c2cc(OC(C)COC)cc(OC(C)C/C(C)=C/SC)c2)nc1. The van der Waals surface area contributed by atoms with Crippen LogP contribution in [0, 0.1) is 12.8 Å². The molecule has 0 saturated carbocycles. The van der Waals surface area contributed by atoms with Gasteiger partial charge in [-0.2, -0.15) is 0 Å². The highest BCUT2D eigenvalue weighted by Gasteiger charge is 2.13. The third-order valence-electron chi connectivity index (χ3n) is 5.20. The Labute approximate surface area is 233 Å². The van der Waals surface area contributed by atoms with Crippen molar-refractivity contribution in [3.8, 4) is 24.3 Å². The van der Waals surface area contributed by atoms with Crippen molar-refractivity contribution in [3.05, 3.63) is 71.3 Å². The molecule has 2 aromatic rings. The van der Waals surface area contributed by atoms with Gasteiger partial charge in [-0.05, 0) is 63.1 Å². The zero-order chi connectivity index (χ0) is 28.5. The van der Waals surface area contributed by atoms with Crippen molar-refractivity contribution in [2.75, 3.05) is 32.4 Å². The van der Waals surface area contributed by atoms with Crippen molar-refractivity contribution in [2.45, 2.75) is 52.7 Å². The van der Waals surface area contributed by atoms with Gasteiger partial charge in [-0.15, -0.1) is 24.6 Å². The van der Waals surface area contributed by atoms with Crippen LogP contribution in [0.4, 0.5) is 5.82 Å². The van der Waals surface area contributed by atoms with E-state index in [2.05, 4.69) is 68.2 Å². The van der Waals surface area contributed by atoms with Crippen LogP contribution in [0.1, 0.15) is 51.7 Å². The Morgan fingerprint density at radius 3 is 2.26 bits per heavy atom. The average Bonchev–Trinajstić information content (AvgIpc) is 2.89. The number of hydrogen-bond donors (Lipinski definition) is 1. The fraction of sp³-hybridized carbons (Fsp3) is 0.387. The number of rotatable bonds is 15. The van der Waals surface area contributed by atoms with Gasteiger partial charge in [-0.1, -0.05) is 25.2 Å². The van der Waals surface area contributed by atoms with Gasteiger partial charge < -0.3 is 24.3 Å². The highest BCUT2D eigenvalue weighted by Crippen LogP contribution is 2.30. The van der Waals surface area contributed by atoms with E-state index in [4.69, 9.17) is 18.9 Å². The highest BCUT2D eigenvalue weighted by atomic mass is 32.2. The minimum absolute atomic E-state index is 0.0163. The smallest absolute Gasteiger partial charge is 0.130 e. The molecule has 6 nitrogen and oxygen atoms in total. The number of nitrogens with one attached hydrogen (secondary N) is 1. The van der Waals surface area contributed by atoms with Crippen LogP contribution in [-0.2, 0) is 9.47 Å². The van der Waals surface area contributed by atoms with Crippen molar-refractivity contribution in [1.29, 1.82) is 0 Å². The third kappa shape index (κ3) is 11.4. The van der Waals surface area contributed by atoms with Crippen molar-refractivity contribution in [2.24, 2.45) is 0 Å². The second kappa shape index (κ2) is 18.0. The number of methoxy groups -OCH3 is 2. The van der Waals surface area contributed by atoms with E-state index in [9.17, 15) is 0 Å². The Morgan fingerprint density at radius 1 is 1.08 bits per heavy atom. The average molecular weight is 539 g/mol. The van der Waals surface area contributed by atoms with Crippen molar-refractivity contribution >= 4 is 29.0 Å². The minimum atomic E-state index is -0.100. The molecular weight excluding hydrogens is 496 g/mol. The maximum atomic E-state index is 6.33. The van der Waals surface area contributed by atoms with E-state index in [1.165, 1.54) is 5.57 Å². The molecule has 0 aliphatic rings. The van der Waals surface area contributed by atoms with Crippen LogP contribution in [0.25, 0.3) is 11.5 Å². The van der Waals surface area contributed by atoms with Crippen molar-refractivity contribution in [1.82, 2.24) is 4.98 Å². The summed E-state index contributed by atoms with van der Waals surface area (Å²) in [4.78, 5) is 4.53. The predicted molar refractivity (Wildman–Crippen MR) is 162 cm³/mol. The van der Waals surface area contributed by atoms with Gasteiger partial charge >= 0.3 is 0 Å². The predicted octanol–water partition coefficient (Wildman–Crippen LogP) is 7.65. The van der Waals surface area contributed by atoms with E-state index in [1.807, 2.05) is 37.3 Å². The molecule has 38 heavy (non-hydrogen) atoms. The highest BCUT2D eigenvalue weighted by molar-refractivity contribution is 8.01. The first-order valence-electron chi connectivity index (χ1n) is 12.5. The van der Waals surface area contributed by atoms with E-state index < -0.39 is 0 Å². The molecule has 1 aromatic carbocycles. The molecular formula is C31H42N2O4S. The van der Waals surface area contributed by atoms with Crippen molar-refractivity contribution in [3.63, 3.8) is 0 Å². The number of pyridine rings is 1. The molecule has 0 saturated heterocycles. The molecule has 206 valence electrons. The van der Waals surface area contributed by atoms with Crippen LogP contribution < -0.4 is 14.8 Å². The Hall–Kier alpha value is -3.34. The number of ether oxygens (including phenoxy) is 4. The van der Waals surface area contributed by atoms with Gasteiger partial charge in [0.15, 0.2) is 0 Å². The summed E-state index contributed by atoms with van der Waals surface area (Å²) in [5, 5.41) is 5.60.